The van der Waals surface area contributed by atoms with Crippen LogP contribution in [0.15, 0.2) is 18.2 Å². The molecular formula is C17H22. The van der Waals surface area contributed by atoms with E-state index < -0.39 is 0 Å². The van der Waals surface area contributed by atoms with Crippen LogP contribution in [0.3, 0.4) is 0 Å². The van der Waals surface area contributed by atoms with Crippen LogP contribution in [0.4, 0.5) is 0 Å². The molecule has 0 saturated heterocycles. The summed E-state index contributed by atoms with van der Waals surface area (Å²) in [5, 5.41) is 0. The molecule has 0 fully saturated rings. The highest BCUT2D eigenvalue weighted by Crippen LogP contribution is 2.41. The predicted octanol–water partition coefficient (Wildman–Crippen LogP) is 4.72. The Morgan fingerprint density at radius 1 is 1.24 bits per heavy atom. The maximum Gasteiger partial charge on any atom is 0.00556 e. The van der Waals surface area contributed by atoms with Gasteiger partial charge in [0.2, 0.25) is 0 Å². The predicted molar refractivity (Wildman–Crippen MR) is 74.3 cm³/mol. The van der Waals surface area contributed by atoms with Crippen LogP contribution >= 0.6 is 0 Å². The molecule has 3 rings (SSSR count). The number of aryl methyl sites for hydroxylation is 1. The maximum atomic E-state index is 2.44. The number of rotatable bonds is 2. The molecule has 2 atom stereocenters. The monoisotopic (exact) mass is 226 g/mol. The molecule has 0 saturated carbocycles. The van der Waals surface area contributed by atoms with Crippen molar-refractivity contribution in [2.75, 3.05) is 0 Å². The molecule has 0 aromatic heterocycles. The van der Waals surface area contributed by atoms with Crippen molar-refractivity contribution >= 4 is 6.08 Å². The Kier molecular flexibility index (Phi) is 2.82. The summed E-state index contributed by atoms with van der Waals surface area (Å²) < 4.78 is 0. The summed E-state index contributed by atoms with van der Waals surface area (Å²) in [5.74, 6) is 1.46. The smallest absolute Gasteiger partial charge is 0.00556 e. The average molecular weight is 226 g/mol. The van der Waals surface area contributed by atoms with Crippen molar-refractivity contribution in [2.24, 2.45) is 5.92 Å². The first-order chi connectivity index (χ1) is 8.31. The van der Waals surface area contributed by atoms with E-state index in [-0.39, 0.29) is 0 Å². The van der Waals surface area contributed by atoms with Crippen LogP contribution in [0.2, 0.25) is 0 Å². The van der Waals surface area contributed by atoms with E-state index in [0.29, 0.717) is 5.92 Å². The van der Waals surface area contributed by atoms with Crippen LogP contribution in [-0.4, -0.2) is 0 Å². The van der Waals surface area contributed by atoms with Gasteiger partial charge in [-0.05, 0) is 53.9 Å². The second-order valence-corrected chi connectivity index (χ2v) is 5.68. The van der Waals surface area contributed by atoms with Crippen molar-refractivity contribution in [3.63, 3.8) is 0 Å². The molecule has 2 aliphatic carbocycles. The zero-order chi connectivity index (χ0) is 11.8. The van der Waals surface area contributed by atoms with Crippen molar-refractivity contribution in [1.82, 2.24) is 0 Å². The minimum atomic E-state index is 0.683. The van der Waals surface area contributed by atoms with Crippen LogP contribution in [-0.2, 0) is 12.8 Å². The lowest BCUT2D eigenvalue weighted by molar-refractivity contribution is 0.506. The van der Waals surface area contributed by atoms with Crippen LogP contribution in [0.25, 0.3) is 6.08 Å². The van der Waals surface area contributed by atoms with Crippen LogP contribution in [0, 0.1) is 5.92 Å². The highest BCUT2D eigenvalue weighted by molar-refractivity contribution is 5.66. The van der Waals surface area contributed by atoms with Gasteiger partial charge >= 0.3 is 0 Å². The molecule has 0 radical (unpaired) electrons. The number of benzene rings is 1. The molecule has 0 bridgehead atoms. The van der Waals surface area contributed by atoms with Gasteiger partial charge in [-0.3, -0.25) is 0 Å². The van der Waals surface area contributed by atoms with Gasteiger partial charge in [-0.15, -0.1) is 0 Å². The quantitative estimate of drug-likeness (QED) is 0.684. The second-order valence-electron chi connectivity index (χ2n) is 5.68. The lowest BCUT2D eigenvalue weighted by atomic mass is 9.79. The molecule has 17 heavy (non-hydrogen) atoms. The standard InChI is InChI=1S/C17H22/c1-3-12(2)15-11-10-14-9-8-13-6-4-5-7-16(13)17(14)15/h8-12,15H,3-7H2,1-2H3. The Morgan fingerprint density at radius 3 is 2.88 bits per heavy atom. The number of fused-ring (bicyclic) bond motifs is 3. The van der Waals surface area contributed by atoms with Crippen molar-refractivity contribution in [3.8, 4) is 0 Å². The molecule has 0 nitrogen and oxygen atoms in total. The molecular weight excluding hydrogens is 204 g/mol. The number of allylic oxidation sites excluding steroid dienone is 1. The van der Waals surface area contributed by atoms with Gasteiger partial charge in [0, 0.05) is 5.92 Å². The molecule has 0 spiro atoms. The normalized spacial score (nSPS) is 23.3. The Labute approximate surface area is 105 Å². The second kappa shape index (κ2) is 4.33. The molecule has 2 unspecified atom stereocenters. The van der Waals surface area contributed by atoms with Gasteiger partial charge in [-0.2, -0.15) is 0 Å². The fraction of sp³-hybridized carbons (Fsp3) is 0.529. The van der Waals surface area contributed by atoms with Crippen molar-refractivity contribution in [3.05, 3.63) is 40.5 Å². The molecule has 0 aliphatic heterocycles. The van der Waals surface area contributed by atoms with Crippen molar-refractivity contribution in [1.29, 1.82) is 0 Å². The molecule has 90 valence electrons. The number of hydrogen-bond acceptors (Lipinski definition) is 0. The van der Waals surface area contributed by atoms with Crippen LogP contribution < -0.4 is 0 Å². The Morgan fingerprint density at radius 2 is 2.06 bits per heavy atom. The maximum absolute atomic E-state index is 2.44. The van der Waals surface area contributed by atoms with Crippen molar-refractivity contribution < 1.29 is 0 Å². The molecule has 2 aliphatic rings. The summed E-state index contributed by atoms with van der Waals surface area (Å²) in [6, 6.07) is 4.72. The van der Waals surface area contributed by atoms with Crippen molar-refractivity contribution in [2.45, 2.75) is 51.9 Å². The largest absolute Gasteiger partial charge is 0.0761 e. The fourth-order valence-electron chi connectivity index (χ4n) is 3.45. The summed E-state index contributed by atoms with van der Waals surface area (Å²) in [6.07, 6.45) is 11.4. The Bertz CT molecular complexity index is 453. The lowest BCUT2D eigenvalue weighted by Crippen LogP contribution is -2.12. The number of hydrogen-bond donors (Lipinski definition) is 0. The van der Waals surface area contributed by atoms with E-state index in [2.05, 4.69) is 38.1 Å². The molecule has 0 N–H and O–H groups in total. The van der Waals surface area contributed by atoms with E-state index in [9.17, 15) is 0 Å². The van der Waals surface area contributed by atoms with E-state index in [4.69, 9.17) is 0 Å². The van der Waals surface area contributed by atoms with E-state index >= 15 is 0 Å². The summed E-state index contributed by atoms with van der Waals surface area (Å²) in [6.45, 7) is 4.71. The first-order valence-electron chi connectivity index (χ1n) is 7.14. The Balaban J connectivity index is 2.08. The van der Waals surface area contributed by atoms with Gasteiger partial charge in [0.15, 0.2) is 0 Å². The summed E-state index contributed by atoms with van der Waals surface area (Å²) in [5.41, 5.74) is 6.50. The minimum absolute atomic E-state index is 0.683. The van der Waals surface area contributed by atoms with Crippen LogP contribution in [0.1, 0.15) is 61.3 Å². The van der Waals surface area contributed by atoms with Gasteiger partial charge in [0.05, 0.1) is 0 Å². The average Bonchev–Trinajstić information content (AvgIpc) is 2.82. The van der Waals surface area contributed by atoms with Gasteiger partial charge in [0.1, 0.15) is 0 Å². The third-order valence-corrected chi connectivity index (χ3v) is 4.68. The molecule has 0 heteroatoms. The zero-order valence-electron chi connectivity index (χ0n) is 11.0. The zero-order valence-corrected chi connectivity index (χ0v) is 11.0. The van der Waals surface area contributed by atoms with Gasteiger partial charge in [-0.1, -0.05) is 44.6 Å². The SMILES string of the molecule is CCC(C)C1C=Cc2ccc3c(c21)CCCC3. The van der Waals surface area contributed by atoms with Gasteiger partial charge < -0.3 is 0 Å². The van der Waals surface area contributed by atoms with E-state index in [1.807, 2.05) is 0 Å². The highest BCUT2D eigenvalue weighted by Gasteiger charge is 2.26. The molecule has 0 amide bonds. The van der Waals surface area contributed by atoms with Gasteiger partial charge in [-0.25, -0.2) is 0 Å². The van der Waals surface area contributed by atoms with E-state index in [0.717, 1.165) is 5.92 Å². The summed E-state index contributed by atoms with van der Waals surface area (Å²) in [7, 11) is 0. The highest BCUT2D eigenvalue weighted by atomic mass is 14.3. The summed E-state index contributed by atoms with van der Waals surface area (Å²) in [4.78, 5) is 0. The van der Waals surface area contributed by atoms with Crippen LogP contribution in [0.5, 0.6) is 0 Å². The minimum Gasteiger partial charge on any atom is -0.0761 e. The topological polar surface area (TPSA) is 0 Å². The Hall–Kier alpha value is -1.04. The molecule has 1 aromatic rings. The summed E-state index contributed by atoms with van der Waals surface area (Å²) >= 11 is 0. The fourth-order valence-corrected chi connectivity index (χ4v) is 3.45. The first-order valence-corrected chi connectivity index (χ1v) is 7.14. The first kappa shape index (κ1) is 11.1. The third-order valence-electron chi connectivity index (χ3n) is 4.68. The molecule has 0 heterocycles. The van der Waals surface area contributed by atoms with E-state index in [1.165, 1.54) is 37.7 Å². The van der Waals surface area contributed by atoms with E-state index in [1.54, 1.807) is 16.7 Å². The lowest BCUT2D eigenvalue weighted by Gasteiger charge is -2.25. The third kappa shape index (κ3) is 1.74. The van der Waals surface area contributed by atoms with Gasteiger partial charge in [0.25, 0.3) is 0 Å². The molecule has 1 aromatic carbocycles.